The number of morpholine rings is 1. The summed E-state index contributed by atoms with van der Waals surface area (Å²) >= 11 is 1.52. The summed E-state index contributed by atoms with van der Waals surface area (Å²) in [5.74, 6) is -0.0698. The smallest absolute Gasteiger partial charge is 0.269 e. The number of ether oxygens (including phenoxy) is 1. The first-order valence-electron chi connectivity index (χ1n) is 10.6. The zero-order chi connectivity index (χ0) is 22.7. The van der Waals surface area contributed by atoms with Gasteiger partial charge in [-0.05, 0) is 42.7 Å². The lowest BCUT2D eigenvalue weighted by Crippen LogP contribution is -2.43. The lowest BCUT2D eigenvalue weighted by atomic mass is 10.1. The third kappa shape index (κ3) is 5.12. The minimum absolute atomic E-state index is 0.0160. The van der Waals surface area contributed by atoms with Crippen LogP contribution in [0.4, 0.5) is 10.8 Å². The minimum Gasteiger partial charge on any atom is -0.379 e. The number of fused-ring (bicyclic) bond motifs is 1. The van der Waals surface area contributed by atoms with Crippen molar-refractivity contribution in [1.29, 1.82) is 0 Å². The van der Waals surface area contributed by atoms with Gasteiger partial charge >= 0.3 is 0 Å². The quantitative estimate of drug-likeness (QED) is 0.399. The Morgan fingerprint density at radius 1 is 1.19 bits per heavy atom. The fourth-order valence-electron chi connectivity index (χ4n) is 3.68. The van der Waals surface area contributed by atoms with E-state index in [4.69, 9.17) is 9.72 Å². The topological polar surface area (TPSA) is 88.8 Å². The summed E-state index contributed by atoms with van der Waals surface area (Å²) < 4.78 is 6.48. The SMILES string of the molecule is Cc1cc2nc(N(CCN3CCOCC3)C(=O)Cc3ccc([N+](=O)[O-])cc3)sc2cc1C. The average molecular weight is 455 g/mol. The number of benzene rings is 2. The molecule has 2 heterocycles. The van der Waals surface area contributed by atoms with Crippen LogP contribution in [0.1, 0.15) is 16.7 Å². The van der Waals surface area contributed by atoms with Crippen LogP contribution in [0, 0.1) is 24.0 Å². The molecule has 1 saturated heterocycles. The van der Waals surface area contributed by atoms with Crippen molar-refractivity contribution >= 4 is 38.3 Å². The Labute approximate surface area is 190 Å². The molecule has 1 fully saturated rings. The minimum atomic E-state index is -0.439. The number of anilines is 1. The van der Waals surface area contributed by atoms with E-state index >= 15 is 0 Å². The molecule has 0 atom stereocenters. The van der Waals surface area contributed by atoms with Gasteiger partial charge in [-0.3, -0.25) is 24.7 Å². The van der Waals surface area contributed by atoms with E-state index in [1.54, 1.807) is 17.0 Å². The third-order valence-electron chi connectivity index (χ3n) is 5.77. The maximum absolute atomic E-state index is 13.3. The Balaban J connectivity index is 1.57. The Kier molecular flexibility index (Phi) is 6.78. The molecule has 4 rings (SSSR count). The summed E-state index contributed by atoms with van der Waals surface area (Å²) in [6.45, 7) is 8.51. The van der Waals surface area contributed by atoms with Gasteiger partial charge in [0.05, 0.1) is 34.8 Å². The first-order chi connectivity index (χ1) is 15.4. The lowest BCUT2D eigenvalue weighted by molar-refractivity contribution is -0.384. The molecule has 1 aliphatic heterocycles. The highest BCUT2D eigenvalue weighted by atomic mass is 32.1. The second-order valence-corrected chi connectivity index (χ2v) is 9.01. The van der Waals surface area contributed by atoms with E-state index in [9.17, 15) is 14.9 Å². The number of amides is 1. The molecule has 0 bridgehead atoms. The monoisotopic (exact) mass is 454 g/mol. The molecule has 168 valence electrons. The van der Waals surface area contributed by atoms with Crippen molar-refractivity contribution in [2.75, 3.05) is 44.3 Å². The molecule has 1 aliphatic rings. The summed E-state index contributed by atoms with van der Waals surface area (Å²) in [7, 11) is 0. The normalized spacial score (nSPS) is 14.6. The summed E-state index contributed by atoms with van der Waals surface area (Å²) in [5.41, 5.74) is 4.02. The molecule has 0 saturated carbocycles. The van der Waals surface area contributed by atoms with Crippen molar-refractivity contribution in [2.45, 2.75) is 20.3 Å². The van der Waals surface area contributed by atoms with Crippen LogP contribution in [0.3, 0.4) is 0 Å². The van der Waals surface area contributed by atoms with E-state index in [-0.39, 0.29) is 18.0 Å². The number of nitro benzene ring substituents is 1. The molecule has 3 aromatic rings. The number of nitro groups is 1. The second kappa shape index (κ2) is 9.72. The summed E-state index contributed by atoms with van der Waals surface area (Å²) in [6.07, 6.45) is 0.162. The van der Waals surface area contributed by atoms with Crippen LogP contribution in [-0.2, 0) is 16.0 Å². The number of hydrogen-bond acceptors (Lipinski definition) is 7. The lowest BCUT2D eigenvalue weighted by Gasteiger charge is -2.29. The maximum Gasteiger partial charge on any atom is 0.269 e. The molecule has 32 heavy (non-hydrogen) atoms. The highest BCUT2D eigenvalue weighted by Crippen LogP contribution is 2.31. The van der Waals surface area contributed by atoms with Gasteiger partial charge in [0, 0.05) is 38.3 Å². The summed E-state index contributed by atoms with van der Waals surface area (Å²) in [6, 6.07) is 10.3. The van der Waals surface area contributed by atoms with Gasteiger partial charge in [0.25, 0.3) is 5.69 Å². The molecule has 0 unspecified atom stereocenters. The number of thiazole rings is 1. The number of nitrogens with zero attached hydrogens (tertiary/aromatic N) is 4. The Bertz CT molecular complexity index is 1080. The zero-order valence-electron chi connectivity index (χ0n) is 18.2. The van der Waals surface area contributed by atoms with Gasteiger partial charge in [-0.15, -0.1) is 0 Å². The van der Waals surface area contributed by atoms with Gasteiger partial charge in [-0.1, -0.05) is 23.5 Å². The van der Waals surface area contributed by atoms with Gasteiger partial charge in [0.1, 0.15) is 0 Å². The Hall–Kier alpha value is -2.88. The number of carbonyl (C=O) groups excluding carboxylic acids is 1. The number of carbonyl (C=O) groups is 1. The van der Waals surface area contributed by atoms with Crippen molar-refractivity contribution in [3.8, 4) is 0 Å². The number of aryl methyl sites for hydroxylation is 2. The number of rotatable bonds is 7. The molecule has 0 N–H and O–H groups in total. The van der Waals surface area contributed by atoms with E-state index in [1.165, 1.54) is 34.6 Å². The van der Waals surface area contributed by atoms with E-state index < -0.39 is 4.92 Å². The van der Waals surface area contributed by atoms with E-state index in [2.05, 4.69) is 30.9 Å². The van der Waals surface area contributed by atoms with Crippen molar-refractivity contribution in [1.82, 2.24) is 9.88 Å². The molecular weight excluding hydrogens is 428 g/mol. The fraction of sp³-hybridized carbons (Fsp3) is 0.391. The maximum atomic E-state index is 13.3. The number of non-ortho nitro benzene ring substituents is 1. The van der Waals surface area contributed by atoms with Crippen LogP contribution < -0.4 is 4.90 Å². The van der Waals surface area contributed by atoms with Gasteiger partial charge < -0.3 is 4.74 Å². The van der Waals surface area contributed by atoms with Crippen LogP contribution in [0.2, 0.25) is 0 Å². The van der Waals surface area contributed by atoms with Crippen LogP contribution in [-0.4, -0.2) is 60.1 Å². The second-order valence-electron chi connectivity index (χ2n) is 8.00. The van der Waals surface area contributed by atoms with Gasteiger partial charge in [0.2, 0.25) is 5.91 Å². The van der Waals surface area contributed by atoms with E-state index in [1.807, 2.05) is 0 Å². The molecule has 8 nitrogen and oxygen atoms in total. The first kappa shape index (κ1) is 22.3. The molecule has 1 aromatic heterocycles. The standard InChI is InChI=1S/C23H26N4O4S/c1-16-13-20-21(14-17(16)2)32-23(24-20)26(8-7-25-9-11-31-12-10-25)22(28)15-18-3-5-19(6-4-18)27(29)30/h3-6,13-14H,7-12,15H2,1-2H3. The Morgan fingerprint density at radius 3 is 2.56 bits per heavy atom. The first-order valence-corrected chi connectivity index (χ1v) is 11.4. The highest BCUT2D eigenvalue weighted by molar-refractivity contribution is 7.22. The molecular formula is C23H26N4O4S. The van der Waals surface area contributed by atoms with Crippen molar-refractivity contribution in [2.24, 2.45) is 0 Å². The number of hydrogen-bond donors (Lipinski definition) is 0. The van der Waals surface area contributed by atoms with Crippen LogP contribution in [0.5, 0.6) is 0 Å². The van der Waals surface area contributed by atoms with Crippen molar-refractivity contribution < 1.29 is 14.5 Å². The summed E-state index contributed by atoms with van der Waals surface area (Å²) in [5, 5.41) is 11.6. The molecule has 9 heteroatoms. The Morgan fingerprint density at radius 2 is 1.88 bits per heavy atom. The third-order valence-corrected chi connectivity index (χ3v) is 6.81. The fourth-order valence-corrected chi connectivity index (χ4v) is 4.77. The largest absolute Gasteiger partial charge is 0.379 e. The van der Waals surface area contributed by atoms with Crippen molar-refractivity contribution in [3.63, 3.8) is 0 Å². The summed E-state index contributed by atoms with van der Waals surface area (Å²) in [4.78, 5) is 32.6. The average Bonchev–Trinajstić information content (AvgIpc) is 3.17. The molecule has 2 aromatic carbocycles. The molecule has 1 amide bonds. The predicted molar refractivity (Wildman–Crippen MR) is 126 cm³/mol. The van der Waals surface area contributed by atoms with E-state index in [0.717, 1.165) is 35.4 Å². The number of aromatic nitrogens is 1. The molecule has 0 spiro atoms. The van der Waals surface area contributed by atoms with Gasteiger partial charge in [-0.2, -0.15) is 0 Å². The van der Waals surface area contributed by atoms with Gasteiger partial charge in [0.15, 0.2) is 5.13 Å². The van der Waals surface area contributed by atoms with E-state index in [0.29, 0.717) is 24.9 Å². The molecule has 0 aliphatic carbocycles. The predicted octanol–water partition coefficient (Wildman–Crippen LogP) is 3.73. The zero-order valence-corrected chi connectivity index (χ0v) is 19.1. The van der Waals surface area contributed by atoms with Crippen LogP contribution in [0.25, 0.3) is 10.2 Å². The van der Waals surface area contributed by atoms with Gasteiger partial charge in [-0.25, -0.2) is 4.98 Å². The molecule has 0 radical (unpaired) electrons. The highest BCUT2D eigenvalue weighted by Gasteiger charge is 2.22. The van der Waals surface area contributed by atoms with Crippen LogP contribution in [0.15, 0.2) is 36.4 Å². The van der Waals surface area contributed by atoms with Crippen LogP contribution >= 0.6 is 11.3 Å². The van der Waals surface area contributed by atoms with Crippen molar-refractivity contribution in [3.05, 3.63) is 63.2 Å².